The van der Waals surface area contributed by atoms with E-state index in [0.29, 0.717) is 24.5 Å². The third-order valence-corrected chi connectivity index (χ3v) is 2.78. The lowest BCUT2D eigenvalue weighted by Crippen LogP contribution is -2.27. The molecular weight excluding hydrogens is 282 g/mol. The van der Waals surface area contributed by atoms with Crippen molar-refractivity contribution in [3.63, 3.8) is 0 Å². The lowest BCUT2D eigenvalue weighted by atomic mass is 10.2. The van der Waals surface area contributed by atoms with E-state index in [9.17, 15) is 4.79 Å². The first-order valence-electron chi connectivity index (χ1n) is 6.59. The smallest absolute Gasteiger partial charge is 0.270 e. The maximum atomic E-state index is 11.9. The van der Waals surface area contributed by atoms with E-state index in [1.807, 2.05) is 6.07 Å². The Balaban J connectivity index is 2.04. The third-order valence-electron chi connectivity index (χ3n) is 2.78. The Hall–Kier alpha value is -2.98. The third kappa shape index (κ3) is 4.26. The molecule has 2 rings (SSSR count). The van der Waals surface area contributed by atoms with E-state index in [1.165, 1.54) is 6.33 Å². The number of ether oxygens (including phenoxy) is 1. The van der Waals surface area contributed by atoms with Gasteiger partial charge < -0.3 is 15.4 Å². The SMILES string of the molecule is COCCNC(=O)c1cc(Nc2ccc(C#N)cc2)ncn1. The summed E-state index contributed by atoms with van der Waals surface area (Å²) in [5, 5.41) is 14.5. The summed E-state index contributed by atoms with van der Waals surface area (Å²) in [5.41, 5.74) is 1.61. The summed E-state index contributed by atoms with van der Waals surface area (Å²) < 4.78 is 4.87. The first-order valence-corrected chi connectivity index (χ1v) is 6.59. The highest BCUT2D eigenvalue weighted by Gasteiger charge is 2.08. The molecule has 0 spiro atoms. The normalized spacial score (nSPS) is 9.82. The number of anilines is 2. The second-order valence-corrected chi connectivity index (χ2v) is 4.35. The number of benzene rings is 1. The van der Waals surface area contributed by atoms with Gasteiger partial charge in [0.15, 0.2) is 0 Å². The van der Waals surface area contributed by atoms with Gasteiger partial charge in [0, 0.05) is 25.4 Å². The van der Waals surface area contributed by atoms with Crippen LogP contribution in [-0.2, 0) is 4.74 Å². The summed E-state index contributed by atoms with van der Waals surface area (Å²) in [6, 6.07) is 10.5. The van der Waals surface area contributed by atoms with Gasteiger partial charge in [-0.2, -0.15) is 5.26 Å². The van der Waals surface area contributed by atoms with E-state index in [0.717, 1.165) is 5.69 Å². The molecule has 7 heteroatoms. The highest BCUT2D eigenvalue weighted by Crippen LogP contribution is 2.15. The molecular formula is C15H15N5O2. The molecule has 1 amide bonds. The molecule has 0 saturated carbocycles. The monoisotopic (exact) mass is 297 g/mol. The molecule has 0 aliphatic carbocycles. The Bertz CT molecular complexity index is 679. The second-order valence-electron chi connectivity index (χ2n) is 4.35. The number of nitrogens with one attached hydrogen (secondary N) is 2. The Labute approximate surface area is 128 Å². The van der Waals surface area contributed by atoms with Gasteiger partial charge in [-0.25, -0.2) is 9.97 Å². The number of methoxy groups -OCH3 is 1. The van der Waals surface area contributed by atoms with Gasteiger partial charge in [-0.3, -0.25) is 4.79 Å². The molecule has 112 valence electrons. The van der Waals surface area contributed by atoms with E-state index in [1.54, 1.807) is 37.4 Å². The zero-order valence-electron chi connectivity index (χ0n) is 12.0. The van der Waals surface area contributed by atoms with Gasteiger partial charge in [-0.05, 0) is 24.3 Å². The number of carbonyl (C=O) groups excluding carboxylic acids is 1. The van der Waals surface area contributed by atoms with Crippen LogP contribution in [0.4, 0.5) is 11.5 Å². The molecule has 1 aromatic heterocycles. The predicted octanol–water partition coefficient (Wildman–Crippen LogP) is 1.47. The number of amides is 1. The molecule has 7 nitrogen and oxygen atoms in total. The quantitative estimate of drug-likeness (QED) is 0.783. The molecule has 22 heavy (non-hydrogen) atoms. The fourth-order valence-corrected chi connectivity index (χ4v) is 1.68. The van der Waals surface area contributed by atoms with Crippen molar-refractivity contribution in [3.05, 3.63) is 47.9 Å². The summed E-state index contributed by atoms with van der Waals surface area (Å²) in [5.74, 6) is 0.207. The lowest BCUT2D eigenvalue weighted by molar-refractivity contribution is 0.0932. The molecule has 0 bridgehead atoms. The lowest BCUT2D eigenvalue weighted by Gasteiger charge is -2.07. The number of nitrogens with zero attached hydrogens (tertiary/aromatic N) is 3. The number of carbonyl (C=O) groups is 1. The van der Waals surface area contributed by atoms with Crippen LogP contribution in [-0.4, -0.2) is 36.1 Å². The van der Waals surface area contributed by atoms with E-state index in [-0.39, 0.29) is 11.6 Å². The Morgan fingerprint density at radius 2 is 2.09 bits per heavy atom. The van der Waals surface area contributed by atoms with Crippen LogP contribution < -0.4 is 10.6 Å². The number of hydrogen-bond donors (Lipinski definition) is 2. The molecule has 0 fully saturated rings. The van der Waals surface area contributed by atoms with Gasteiger partial charge in [-0.1, -0.05) is 0 Å². The van der Waals surface area contributed by atoms with Crippen molar-refractivity contribution in [2.75, 3.05) is 25.6 Å². The average molecular weight is 297 g/mol. The first-order chi connectivity index (χ1) is 10.7. The van der Waals surface area contributed by atoms with Gasteiger partial charge in [0.05, 0.1) is 18.2 Å². The number of hydrogen-bond acceptors (Lipinski definition) is 6. The van der Waals surface area contributed by atoms with Gasteiger partial charge in [0.1, 0.15) is 17.8 Å². The Morgan fingerprint density at radius 3 is 2.77 bits per heavy atom. The largest absolute Gasteiger partial charge is 0.383 e. The summed E-state index contributed by atoms with van der Waals surface area (Å²) >= 11 is 0. The number of aromatic nitrogens is 2. The van der Waals surface area contributed by atoms with Crippen LogP contribution in [0.15, 0.2) is 36.7 Å². The highest BCUT2D eigenvalue weighted by molar-refractivity contribution is 5.92. The zero-order chi connectivity index (χ0) is 15.8. The first kappa shape index (κ1) is 15.4. The summed E-state index contributed by atoms with van der Waals surface area (Å²) in [4.78, 5) is 19.9. The van der Waals surface area contributed by atoms with Crippen LogP contribution in [0.25, 0.3) is 0 Å². The molecule has 0 atom stereocenters. The van der Waals surface area contributed by atoms with Crippen molar-refractivity contribution in [2.24, 2.45) is 0 Å². The predicted molar refractivity (Wildman–Crippen MR) is 80.7 cm³/mol. The van der Waals surface area contributed by atoms with E-state index >= 15 is 0 Å². The Kier molecular flexibility index (Phi) is 5.40. The average Bonchev–Trinajstić information content (AvgIpc) is 2.56. The van der Waals surface area contributed by atoms with E-state index in [4.69, 9.17) is 10.00 Å². The Morgan fingerprint density at radius 1 is 1.32 bits per heavy atom. The van der Waals surface area contributed by atoms with Crippen LogP contribution in [0, 0.1) is 11.3 Å². The van der Waals surface area contributed by atoms with Gasteiger partial charge in [-0.15, -0.1) is 0 Å². The van der Waals surface area contributed by atoms with Crippen molar-refractivity contribution in [1.29, 1.82) is 5.26 Å². The number of rotatable bonds is 6. The van der Waals surface area contributed by atoms with Crippen molar-refractivity contribution in [1.82, 2.24) is 15.3 Å². The van der Waals surface area contributed by atoms with Crippen molar-refractivity contribution in [3.8, 4) is 6.07 Å². The summed E-state index contributed by atoms with van der Waals surface area (Å²) in [6.45, 7) is 0.852. The molecule has 0 aliphatic rings. The fourth-order valence-electron chi connectivity index (χ4n) is 1.68. The van der Waals surface area contributed by atoms with E-state index < -0.39 is 0 Å². The number of nitriles is 1. The maximum absolute atomic E-state index is 11.9. The van der Waals surface area contributed by atoms with Crippen molar-refractivity contribution >= 4 is 17.4 Å². The second kappa shape index (κ2) is 7.71. The van der Waals surface area contributed by atoms with Crippen LogP contribution in [0.5, 0.6) is 0 Å². The fraction of sp³-hybridized carbons (Fsp3) is 0.200. The van der Waals surface area contributed by atoms with Crippen LogP contribution in [0.3, 0.4) is 0 Å². The van der Waals surface area contributed by atoms with Crippen molar-refractivity contribution < 1.29 is 9.53 Å². The van der Waals surface area contributed by atoms with Crippen LogP contribution in [0.1, 0.15) is 16.1 Å². The molecule has 0 aliphatic heterocycles. The van der Waals surface area contributed by atoms with Crippen molar-refractivity contribution in [2.45, 2.75) is 0 Å². The molecule has 1 aromatic carbocycles. The van der Waals surface area contributed by atoms with Gasteiger partial charge >= 0.3 is 0 Å². The minimum atomic E-state index is -0.290. The maximum Gasteiger partial charge on any atom is 0.270 e. The molecule has 1 heterocycles. The molecule has 0 radical (unpaired) electrons. The molecule has 2 N–H and O–H groups in total. The topological polar surface area (TPSA) is 99.9 Å². The zero-order valence-corrected chi connectivity index (χ0v) is 12.0. The minimum absolute atomic E-state index is 0.266. The van der Waals surface area contributed by atoms with Gasteiger partial charge in [0.25, 0.3) is 5.91 Å². The summed E-state index contributed by atoms with van der Waals surface area (Å²) in [7, 11) is 1.57. The standard InChI is InChI=1S/C15H15N5O2/c1-22-7-6-17-15(21)13-8-14(19-10-18-13)20-12-4-2-11(9-16)3-5-12/h2-5,8,10H,6-7H2,1H3,(H,17,21)(H,18,19,20). The van der Waals surface area contributed by atoms with Crippen LogP contribution >= 0.6 is 0 Å². The van der Waals surface area contributed by atoms with Gasteiger partial charge in [0.2, 0.25) is 0 Å². The molecule has 2 aromatic rings. The summed E-state index contributed by atoms with van der Waals surface area (Å²) in [6.07, 6.45) is 1.32. The minimum Gasteiger partial charge on any atom is -0.383 e. The van der Waals surface area contributed by atoms with Crippen LogP contribution in [0.2, 0.25) is 0 Å². The van der Waals surface area contributed by atoms with E-state index in [2.05, 4.69) is 20.6 Å². The highest BCUT2D eigenvalue weighted by atomic mass is 16.5. The molecule has 0 unspecified atom stereocenters. The molecule has 0 saturated heterocycles.